The van der Waals surface area contributed by atoms with Crippen molar-refractivity contribution in [1.29, 1.82) is 0 Å². The minimum atomic E-state index is -3.47. The SMILES string of the molecule is O=C(Nc1onc2c1CCCC2)c1ccc(S(=O)(=O)N2CCCC2)cc1. The summed E-state index contributed by atoms with van der Waals surface area (Å²) in [5.74, 6) is 0.0677. The highest BCUT2D eigenvalue weighted by Gasteiger charge is 2.27. The van der Waals surface area contributed by atoms with E-state index in [1.165, 1.54) is 28.6 Å². The van der Waals surface area contributed by atoms with Gasteiger partial charge < -0.3 is 4.52 Å². The van der Waals surface area contributed by atoms with E-state index < -0.39 is 10.0 Å². The lowest BCUT2D eigenvalue weighted by molar-refractivity contribution is 0.102. The van der Waals surface area contributed by atoms with E-state index in [9.17, 15) is 13.2 Å². The van der Waals surface area contributed by atoms with E-state index in [0.717, 1.165) is 49.8 Å². The van der Waals surface area contributed by atoms with Gasteiger partial charge in [-0.1, -0.05) is 5.16 Å². The van der Waals surface area contributed by atoms with Crippen LogP contribution in [0.25, 0.3) is 0 Å². The lowest BCUT2D eigenvalue weighted by Gasteiger charge is -2.15. The molecule has 0 spiro atoms. The van der Waals surface area contributed by atoms with Gasteiger partial charge in [0.25, 0.3) is 5.91 Å². The summed E-state index contributed by atoms with van der Waals surface area (Å²) in [4.78, 5) is 12.7. The molecule has 0 bridgehead atoms. The van der Waals surface area contributed by atoms with Crippen molar-refractivity contribution in [3.05, 3.63) is 41.1 Å². The topological polar surface area (TPSA) is 92.5 Å². The fourth-order valence-corrected chi connectivity index (χ4v) is 5.04. The summed E-state index contributed by atoms with van der Waals surface area (Å²) in [6, 6.07) is 6.03. The van der Waals surface area contributed by atoms with Crippen molar-refractivity contribution in [1.82, 2.24) is 9.46 Å². The number of nitrogens with zero attached hydrogens (tertiary/aromatic N) is 2. The second kappa shape index (κ2) is 6.85. The fraction of sp³-hybridized carbons (Fsp3) is 0.444. The number of amides is 1. The Labute approximate surface area is 152 Å². The molecule has 2 aliphatic rings. The molecule has 7 nitrogen and oxygen atoms in total. The number of hydrogen-bond donors (Lipinski definition) is 1. The van der Waals surface area contributed by atoms with E-state index in [2.05, 4.69) is 10.5 Å². The van der Waals surface area contributed by atoms with Crippen molar-refractivity contribution < 1.29 is 17.7 Å². The molecule has 1 aliphatic heterocycles. The lowest BCUT2D eigenvalue weighted by atomic mass is 9.97. The molecule has 1 aromatic heterocycles. The minimum absolute atomic E-state index is 0.216. The van der Waals surface area contributed by atoms with Gasteiger partial charge in [-0.05, 0) is 62.8 Å². The zero-order chi connectivity index (χ0) is 18.1. The summed E-state index contributed by atoms with van der Waals surface area (Å²) >= 11 is 0. The van der Waals surface area contributed by atoms with Crippen LogP contribution in [0.5, 0.6) is 0 Å². The number of nitrogens with one attached hydrogen (secondary N) is 1. The Morgan fingerprint density at radius 2 is 1.73 bits per heavy atom. The molecule has 1 amide bonds. The van der Waals surface area contributed by atoms with Crippen LogP contribution in [0.2, 0.25) is 0 Å². The van der Waals surface area contributed by atoms with Crippen LogP contribution in [0.1, 0.15) is 47.3 Å². The molecule has 26 heavy (non-hydrogen) atoms. The molecule has 1 fully saturated rings. The molecule has 2 heterocycles. The third kappa shape index (κ3) is 3.14. The molecule has 0 atom stereocenters. The largest absolute Gasteiger partial charge is 0.338 e. The normalized spacial score (nSPS) is 17.8. The van der Waals surface area contributed by atoms with Crippen LogP contribution in [0, 0.1) is 0 Å². The first-order valence-corrected chi connectivity index (χ1v) is 10.4. The van der Waals surface area contributed by atoms with Crippen molar-refractivity contribution in [3.8, 4) is 0 Å². The van der Waals surface area contributed by atoms with E-state index in [-0.39, 0.29) is 10.8 Å². The van der Waals surface area contributed by atoms with E-state index in [1.807, 2.05) is 0 Å². The molecule has 138 valence electrons. The second-order valence-corrected chi connectivity index (χ2v) is 8.67. The first-order chi connectivity index (χ1) is 12.6. The van der Waals surface area contributed by atoms with Crippen LogP contribution in [0.3, 0.4) is 0 Å². The molecular formula is C18H21N3O4S. The minimum Gasteiger partial charge on any atom is -0.338 e. The Bertz CT molecular complexity index is 912. The zero-order valence-electron chi connectivity index (χ0n) is 14.4. The molecule has 0 radical (unpaired) electrons. The summed E-state index contributed by atoms with van der Waals surface area (Å²) in [6.07, 6.45) is 5.64. The first-order valence-electron chi connectivity index (χ1n) is 8.95. The van der Waals surface area contributed by atoms with Crippen LogP contribution in [-0.4, -0.2) is 36.9 Å². The zero-order valence-corrected chi connectivity index (χ0v) is 15.2. The van der Waals surface area contributed by atoms with Gasteiger partial charge in [0, 0.05) is 24.2 Å². The Kier molecular flexibility index (Phi) is 4.54. The van der Waals surface area contributed by atoms with Gasteiger partial charge in [0.15, 0.2) is 0 Å². The molecule has 1 N–H and O–H groups in total. The van der Waals surface area contributed by atoms with Crippen LogP contribution in [-0.2, 0) is 22.9 Å². The number of aryl methyl sites for hydroxylation is 1. The standard InChI is InChI=1S/C18H21N3O4S/c22-17(19-18-15-5-1-2-6-16(15)20-25-18)13-7-9-14(10-8-13)26(23,24)21-11-3-4-12-21/h7-10H,1-6,11-12H2,(H,19,22). The molecule has 4 rings (SSSR count). The maximum absolute atomic E-state index is 12.5. The summed E-state index contributed by atoms with van der Waals surface area (Å²) in [6.45, 7) is 1.11. The quantitative estimate of drug-likeness (QED) is 0.887. The fourth-order valence-electron chi connectivity index (χ4n) is 3.52. The van der Waals surface area contributed by atoms with Crippen molar-refractivity contribution in [3.63, 3.8) is 0 Å². The molecule has 1 aliphatic carbocycles. The van der Waals surface area contributed by atoms with Crippen molar-refractivity contribution in [2.24, 2.45) is 0 Å². The Hall–Kier alpha value is -2.19. The number of carbonyl (C=O) groups is 1. The summed E-state index contributed by atoms with van der Waals surface area (Å²) in [5, 5.41) is 6.77. The number of benzene rings is 1. The maximum atomic E-state index is 12.5. The van der Waals surface area contributed by atoms with Gasteiger partial charge in [-0.3, -0.25) is 10.1 Å². The molecule has 0 saturated carbocycles. The van der Waals surface area contributed by atoms with Gasteiger partial charge >= 0.3 is 0 Å². The number of aromatic nitrogens is 1. The summed E-state index contributed by atoms with van der Waals surface area (Å²) in [5.41, 5.74) is 2.27. The maximum Gasteiger partial charge on any atom is 0.258 e. The van der Waals surface area contributed by atoms with Crippen molar-refractivity contribution >= 4 is 21.8 Å². The third-order valence-electron chi connectivity index (χ3n) is 5.01. The van der Waals surface area contributed by atoms with Crippen LogP contribution in [0.4, 0.5) is 5.88 Å². The molecule has 2 aromatic rings. The molecule has 1 saturated heterocycles. The van der Waals surface area contributed by atoms with Gasteiger partial charge in [-0.15, -0.1) is 0 Å². The molecule has 1 aromatic carbocycles. The van der Waals surface area contributed by atoms with Gasteiger partial charge in [0.05, 0.1) is 10.6 Å². The highest BCUT2D eigenvalue weighted by Crippen LogP contribution is 2.28. The number of fused-ring (bicyclic) bond motifs is 1. The number of anilines is 1. The first kappa shape index (κ1) is 17.2. The van der Waals surface area contributed by atoms with E-state index in [4.69, 9.17) is 4.52 Å². The average molecular weight is 375 g/mol. The molecular weight excluding hydrogens is 354 g/mol. The van der Waals surface area contributed by atoms with Gasteiger partial charge in [0.2, 0.25) is 15.9 Å². The Balaban J connectivity index is 1.50. The number of rotatable bonds is 4. The number of hydrogen-bond acceptors (Lipinski definition) is 5. The smallest absolute Gasteiger partial charge is 0.258 e. The summed E-state index contributed by atoms with van der Waals surface area (Å²) in [7, 11) is -3.47. The lowest BCUT2D eigenvalue weighted by Crippen LogP contribution is -2.27. The predicted molar refractivity (Wildman–Crippen MR) is 95.5 cm³/mol. The predicted octanol–water partition coefficient (Wildman–Crippen LogP) is 2.59. The van der Waals surface area contributed by atoms with Gasteiger partial charge in [-0.25, -0.2) is 8.42 Å². The van der Waals surface area contributed by atoms with E-state index in [1.54, 1.807) is 0 Å². The van der Waals surface area contributed by atoms with Crippen LogP contribution >= 0.6 is 0 Å². The third-order valence-corrected chi connectivity index (χ3v) is 6.92. The average Bonchev–Trinajstić information content (AvgIpc) is 3.33. The Morgan fingerprint density at radius 3 is 2.46 bits per heavy atom. The molecule has 8 heteroatoms. The molecule has 0 unspecified atom stereocenters. The highest BCUT2D eigenvalue weighted by atomic mass is 32.2. The Morgan fingerprint density at radius 1 is 1.04 bits per heavy atom. The second-order valence-electron chi connectivity index (χ2n) is 6.73. The monoisotopic (exact) mass is 375 g/mol. The van der Waals surface area contributed by atoms with Crippen LogP contribution < -0.4 is 5.32 Å². The van der Waals surface area contributed by atoms with Crippen molar-refractivity contribution in [2.45, 2.75) is 43.4 Å². The van der Waals surface area contributed by atoms with E-state index in [0.29, 0.717) is 24.5 Å². The highest BCUT2D eigenvalue weighted by molar-refractivity contribution is 7.89. The van der Waals surface area contributed by atoms with Crippen molar-refractivity contribution in [2.75, 3.05) is 18.4 Å². The van der Waals surface area contributed by atoms with Gasteiger partial charge in [-0.2, -0.15) is 4.31 Å². The van der Waals surface area contributed by atoms with Crippen LogP contribution in [0.15, 0.2) is 33.7 Å². The number of carbonyl (C=O) groups excluding carboxylic acids is 1. The number of sulfonamides is 1. The summed E-state index contributed by atoms with van der Waals surface area (Å²) < 4.78 is 31.8. The van der Waals surface area contributed by atoms with E-state index >= 15 is 0 Å². The van der Waals surface area contributed by atoms with Gasteiger partial charge in [0.1, 0.15) is 0 Å².